The summed E-state index contributed by atoms with van der Waals surface area (Å²) >= 11 is 0. The third-order valence-electron chi connectivity index (χ3n) is 3.96. The van der Waals surface area contributed by atoms with Gasteiger partial charge in [0.2, 0.25) is 5.95 Å². The molecule has 3 rings (SSSR count). The summed E-state index contributed by atoms with van der Waals surface area (Å²) in [5.74, 6) is -0.772. The quantitative estimate of drug-likeness (QED) is 0.725. The van der Waals surface area contributed by atoms with Crippen molar-refractivity contribution in [3.63, 3.8) is 0 Å². The van der Waals surface area contributed by atoms with Crippen LogP contribution in [0.25, 0.3) is 11.2 Å². The van der Waals surface area contributed by atoms with Crippen LogP contribution in [0.5, 0.6) is 0 Å². The van der Waals surface area contributed by atoms with Crippen LogP contribution in [0, 0.1) is 18.6 Å². The van der Waals surface area contributed by atoms with Gasteiger partial charge >= 0.3 is 0 Å². The van der Waals surface area contributed by atoms with Gasteiger partial charge in [-0.2, -0.15) is 9.97 Å². The highest BCUT2D eigenvalue weighted by molar-refractivity contribution is 5.83. The largest absolute Gasteiger partial charge is 0.395 e. The van der Waals surface area contributed by atoms with Crippen LogP contribution in [-0.2, 0) is 6.54 Å². The Kier molecular flexibility index (Phi) is 4.49. The highest BCUT2D eigenvalue weighted by Gasteiger charge is 2.17. The van der Waals surface area contributed by atoms with E-state index in [1.807, 2.05) is 0 Å². The van der Waals surface area contributed by atoms with Crippen molar-refractivity contribution in [2.24, 2.45) is 0 Å². The minimum Gasteiger partial charge on any atom is -0.395 e. The van der Waals surface area contributed by atoms with Gasteiger partial charge in [-0.15, -0.1) is 0 Å². The Bertz CT molecular complexity index is 927. The molecule has 7 nitrogen and oxygen atoms in total. The standard InChI is InChI=1S/C16H18F2N6O/c1-9-3-4-11(17)10(12(9)18)7-24-8-20-13-14(19)21-16(22-15(13)24)23(2)5-6-25/h3-4,8,25H,5-7H2,1-2H3,(H2,19,21,22). The van der Waals surface area contributed by atoms with E-state index in [9.17, 15) is 8.78 Å². The highest BCUT2D eigenvalue weighted by atomic mass is 19.1. The fourth-order valence-electron chi connectivity index (χ4n) is 2.52. The van der Waals surface area contributed by atoms with Gasteiger partial charge < -0.3 is 20.3 Å². The SMILES string of the molecule is Cc1ccc(F)c(Cn2cnc3c(N)nc(N(C)CCO)nc32)c1F. The summed E-state index contributed by atoms with van der Waals surface area (Å²) in [6.07, 6.45) is 1.42. The van der Waals surface area contributed by atoms with Gasteiger partial charge in [-0.3, -0.25) is 0 Å². The van der Waals surface area contributed by atoms with Gasteiger partial charge in [0.15, 0.2) is 11.5 Å². The molecule has 0 saturated carbocycles. The first-order valence-electron chi connectivity index (χ1n) is 7.66. The molecule has 25 heavy (non-hydrogen) atoms. The van der Waals surface area contributed by atoms with Gasteiger partial charge in [-0.25, -0.2) is 13.8 Å². The van der Waals surface area contributed by atoms with Crippen molar-refractivity contribution in [2.45, 2.75) is 13.5 Å². The first-order valence-corrected chi connectivity index (χ1v) is 7.66. The zero-order valence-corrected chi connectivity index (χ0v) is 13.9. The lowest BCUT2D eigenvalue weighted by molar-refractivity contribution is 0.303. The zero-order chi connectivity index (χ0) is 18.1. The van der Waals surface area contributed by atoms with Crippen molar-refractivity contribution in [3.8, 4) is 0 Å². The van der Waals surface area contributed by atoms with Gasteiger partial charge in [0, 0.05) is 19.2 Å². The second-order valence-electron chi connectivity index (χ2n) is 5.76. The number of aliphatic hydroxyl groups is 1. The van der Waals surface area contributed by atoms with E-state index in [1.165, 1.54) is 23.0 Å². The Balaban J connectivity index is 2.07. The van der Waals surface area contributed by atoms with Crippen LogP contribution in [0.15, 0.2) is 18.5 Å². The molecule has 0 bridgehead atoms. The van der Waals surface area contributed by atoms with Crippen molar-refractivity contribution < 1.29 is 13.9 Å². The van der Waals surface area contributed by atoms with E-state index in [1.54, 1.807) is 18.9 Å². The Hall–Kier alpha value is -2.81. The van der Waals surface area contributed by atoms with Crippen molar-refractivity contribution in [2.75, 3.05) is 30.8 Å². The maximum Gasteiger partial charge on any atom is 0.229 e. The summed E-state index contributed by atoms with van der Waals surface area (Å²) in [6.45, 7) is 1.75. The van der Waals surface area contributed by atoms with Crippen molar-refractivity contribution in [3.05, 3.63) is 41.2 Å². The number of hydrogen-bond acceptors (Lipinski definition) is 6. The first kappa shape index (κ1) is 17.0. The van der Waals surface area contributed by atoms with Crippen LogP contribution < -0.4 is 10.6 Å². The van der Waals surface area contributed by atoms with E-state index in [-0.39, 0.29) is 24.5 Å². The number of aliphatic hydroxyl groups excluding tert-OH is 1. The third-order valence-corrected chi connectivity index (χ3v) is 3.96. The summed E-state index contributed by atoms with van der Waals surface area (Å²) in [7, 11) is 1.71. The van der Waals surface area contributed by atoms with Crippen LogP contribution in [0.3, 0.4) is 0 Å². The predicted molar refractivity (Wildman–Crippen MR) is 90.3 cm³/mol. The molecule has 2 aromatic heterocycles. The lowest BCUT2D eigenvalue weighted by Gasteiger charge is -2.16. The number of aryl methyl sites for hydroxylation is 1. The van der Waals surface area contributed by atoms with Gasteiger partial charge in [-0.1, -0.05) is 6.07 Å². The highest BCUT2D eigenvalue weighted by Crippen LogP contribution is 2.23. The number of nitrogens with two attached hydrogens (primary N) is 1. The topological polar surface area (TPSA) is 93.1 Å². The van der Waals surface area contributed by atoms with Crippen molar-refractivity contribution >= 4 is 22.9 Å². The summed E-state index contributed by atoms with van der Waals surface area (Å²) in [6, 6.07) is 2.62. The molecule has 0 unspecified atom stereocenters. The van der Waals surface area contributed by atoms with Crippen LogP contribution in [0.2, 0.25) is 0 Å². The molecule has 0 aliphatic heterocycles. The number of nitrogen functional groups attached to an aromatic ring is 1. The maximum absolute atomic E-state index is 14.3. The fraction of sp³-hybridized carbons (Fsp3) is 0.312. The summed E-state index contributed by atoms with van der Waals surface area (Å²) in [4.78, 5) is 14.3. The van der Waals surface area contributed by atoms with Gasteiger partial charge in [-0.05, 0) is 18.6 Å². The Morgan fingerprint density at radius 3 is 2.76 bits per heavy atom. The van der Waals surface area contributed by atoms with Crippen molar-refractivity contribution in [1.29, 1.82) is 0 Å². The van der Waals surface area contributed by atoms with E-state index in [2.05, 4.69) is 15.0 Å². The Labute approximate surface area is 142 Å². The Morgan fingerprint density at radius 2 is 2.04 bits per heavy atom. The smallest absolute Gasteiger partial charge is 0.229 e. The number of benzene rings is 1. The normalized spacial score (nSPS) is 11.2. The molecule has 3 N–H and O–H groups in total. The molecule has 0 fully saturated rings. The van der Waals surface area contributed by atoms with Crippen LogP contribution >= 0.6 is 0 Å². The predicted octanol–water partition coefficient (Wildman–Crippen LogP) is 1.47. The second kappa shape index (κ2) is 6.60. The second-order valence-corrected chi connectivity index (χ2v) is 5.76. The number of hydrogen-bond donors (Lipinski definition) is 2. The molecule has 0 spiro atoms. The minimum absolute atomic E-state index is 0.0678. The Morgan fingerprint density at radius 1 is 1.28 bits per heavy atom. The number of rotatable bonds is 5. The molecule has 1 aromatic carbocycles. The van der Waals surface area contributed by atoms with Crippen molar-refractivity contribution in [1.82, 2.24) is 19.5 Å². The molecule has 2 heterocycles. The maximum atomic E-state index is 14.3. The minimum atomic E-state index is -0.635. The molecule has 3 aromatic rings. The average Bonchev–Trinajstić information content (AvgIpc) is 2.99. The van der Waals surface area contributed by atoms with Gasteiger partial charge in [0.1, 0.15) is 17.2 Å². The van der Waals surface area contributed by atoms with E-state index >= 15 is 0 Å². The molecular formula is C16H18F2N6O. The first-order chi connectivity index (χ1) is 11.9. The number of nitrogens with zero attached hydrogens (tertiary/aromatic N) is 5. The molecule has 0 saturated heterocycles. The summed E-state index contributed by atoms with van der Waals surface area (Å²) in [5, 5.41) is 9.05. The van der Waals surface area contributed by atoms with Gasteiger partial charge in [0.25, 0.3) is 0 Å². The van der Waals surface area contributed by atoms with Gasteiger partial charge in [0.05, 0.1) is 19.5 Å². The van der Waals surface area contributed by atoms with E-state index in [0.29, 0.717) is 29.2 Å². The monoisotopic (exact) mass is 348 g/mol. The average molecular weight is 348 g/mol. The number of anilines is 2. The molecule has 0 aliphatic carbocycles. The number of likely N-dealkylation sites (N-methyl/N-ethyl adjacent to an activating group) is 1. The lowest BCUT2D eigenvalue weighted by Crippen LogP contribution is -2.24. The lowest BCUT2D eigenvalue weighted by atomic mass is 10.1. The number of aromatic nitrogens is 4. The van der Waals surface area contributed by atoms with E-state index in [0.717, 1.165) is 0 Å². The summed E-state index contributed by atoms with van der Waals surface area (Å²) in [5.41, 5.74) is 6.93. The molecule has 0 amide bonds. The summed E-state index contributed by atoms with van der Waals surface area (Å²) < 4.78 is 29.8. The third kappa shape index (κ3) is 3.10. The zero-order valence-electron chi connectivity index (χ0n) is 13.9. The van der Waals surface area contributed by atoms with E-state index < -0.39 is 11.6 Å². The molecule has 132 valence electrons. The fourth-order valence-corrected chi connectivity index (χ4v) is 2.52. The molecule has 9 heteroatoms. The molecule has 0 radical (unpaired) electrons. The molecule has 0 aliphatic rings. The van der Waals surface area contributed by atoms with Crippen LogP contribution in [-0.4, -0.2) is 44.8 Å². The number of halogens is 2. The molecular weight excluding hydrogens is 330 g/mol. The van der Waals surface area contributed by atoms with Crippen LogP contribution in [0.1, 0.15) is 11.1 Å². The van der Waals surface area contributed by atoms with E-state index in [4.69, 9.17) is 10.8 Å². The number of fused-ring (bicyclic) bond motifs is 1. The van der Waals surface area contributed by atoms with Crippen LogP contribution in [0.4, 0.5) is 20.5 Å². The number of imidazole rings is 1. The molecule has 0 atom stereocenters.